The van der Waals surface area contributed by atoms with Gasteiger partial charge in [0.15, 0.2) is 5.69 Å². The zero-order valence-corrected chi connectivity index (χ0v) is 14.5. The quantitative estimate of drug-likeness (QED) is 0.928. The monoisotopic (exact) mass is 341 g/mol. The van der Waals surface area contributed by atoms with Crippen molar-refractivity contribution in [1.82, 2.24) is 15.4 Å². The number of nitrogens with zero attached hydrogens (tertiary/aromatic N) is 2. The van der Waals surface area contributed by atoms with E-state index in [0.717, 1.165) is 54.9 Å². The Labute approximate surface area is 147 Å². The maximum Gasteiger partial charge on any atom is 0.276 e. The first kappa shape index (κ1) is 16.1. The molecule has 1 saturated heterocycles. The third-order valence-electron chi connectivity index (χ3n) is 5.15. The third-order valence-corrected chi connectivity index (χ3v) is 5.15. The lowest BCUT2D eigenvalue weighted by molar-refractivity contribution is 0.0620. The second-order valence-electron chi connectivity index (χ2n) is 6.60. The topological polar surface area (TPSA) is 67.6 Å². The number of amides is 1. The van der Waals surface area contributed by atoms with E-state index < -0.39 is 0 Å². The Morgan fingerprint density at radius 1 is 1.32 bits per heavy atom. The van der Waals surface area contributed by atoms with E-state index in [-0.39, 0.29) is 11.9 Å². The molecule has 2 aliphatic rings. The highest BCUT2D eigenvalue weighted by atomic mass is 16.5. The minimum atomic E-state index is -0.0756. The van der Waals surface area contributed by atoms with Crippen LogP contribution in [0.5, 0.6) is 5.75 Å². The van der Waals surface area contributed by atoms with Crippen molar-refractivity contribution >= 4 is 5.91 Å². The number of carbonyl (C=O) groups is 1. The fourth-order valence-corrected chi connectivity index (χ4v) is 3.86. The summed E-state index contributed by atoms with van der Waals surface area (Å²) in [4.78, 5) is 15.2. The Morgan fingerprint density at radius 2 is 2.16 bits per heavy atom. The van der Waals surface area contributed by atoms with E-state index in [1.54, 1.807) is 7.11 Å². The minimum absolute atomic E-state index is 0.0377. The molecule has 2 aromatic rings. The van der Waals surface area contributed by atoms with Crippen molar-refractivity contribution in [3.8, 4) is 5.75 Å². The Morgan fingerprint density at radius 3 is 3.04 bits per heavy atom. The van der Waals surface area contributed by atoms with Crippen molar-refractivity contribution in [2.24, 2.45) is 0 Å². The first-order valence-electron chi connectivity index (χ1n) is 8.91. The summed E-state index contributed by atoms with van der Waals surface area (Å²) in [5, 5.41) is 7.51. The smallest absolute Gasteiger partial charge is 0.276 e. The van der Waals surface area contributed by atoms with Gasteiger partial charge >= 0.3 is 0 Å². The van der Waals surface area contributed by atoms with Gasteiger partial charge in [-0.15, -0.1) is 0 Å². The minimum Gasteiger partial charge on any atom is -0.496 e. The van der Waals surface area contributed by atoms with Crippen molar-refractivity contribution < 1.29 is 14.1 Å². The number of hydrogen-bond acceptors (Lipinski definition) is 5. The third kappa shape index (κ3) is 2.91. The van der Waals surface area contributed by atoms with Gasteiger partial charge in [0.05, 0.1) is 13.2 Å². The first-order chi connectivity index (χ1) is 12.3. The lowest BCUT2D eigenvalue weighted by atomic mass is 9.95. The lowest BCUT2D eigenvalue weighted by Crippen LogP contribution is -2.49. The Balaban J connectivity index is 1.67. The molecule has 1 N–H and O–H groups in total. The van der Waals surface area contributed by atoms with Gasteiger partial charge in [-0.05, 0) is 25.3 Å². The van der Waals surface area contributed by atoms with Crippen LogP contribution in [0.2, 0.25) is 0 Å². The van der Waals surface area contributed by atoms with Gasteiger partial charge in [-0.3, -0.25) is 4.79 Å². The van der Waals surface area contributed by atoms with E-state index in [1.165, 1.54) is 0 Å². The maximum atomic E-state index is 13.3. The number of hydrogen-bond donors (Lipinski definition) is 1. The molecule has 25 heavy (non-hydrogen) atoms. The molecule has 1 unspecified atom stereocenters. The summed E-state index contributed by atoms with van der Waals surface area (Å²) >= 11 is 0. The number of carbonyl (C=O) groups excluding carboxylic acids is 1. The molecule has 1 amide bonds. The van der Waals surface area contributed by atoms with Crippen LogP contribution in [-0.2, 0) is 12.8 Å². The second-order valence-corrected chi connectivity index (χ2v) is 6.60. The Kier molecular flexibility index (Phi) is 4.44. The molecule has 1 aliphatic carbocycles. The van der Waals surface area contributed by atoms with Gasteiger partial charge in [-0.25, -0.2) is 0 Å². The van der Waals surface area contributed by atoms with Crippen molar-refractivity contribution in [2.75, 3.05) is 26.7 Å². The van der Waals surface area contributed by atoms with Crippen LogP contribution in [0.15, 0.2) is 28.8 Å². The van der Waals surface area contributed by atoms with E-state index in [1.807, 2.05) is 29.2 Å². The van der Waals surface area contributed by atoms with Crippen LogP contribution in [0.4, 0.5) is 0 Å². The standard InChI is InChI=1S/C19H23N3O3/c1-24-16-8-4-2-6-13(16)15-12-20-10-11-22(15)19(23)18-14-7-3-5-9-17(14)25-21-18/h2,4,6,8,15,20H,3,5,7,9-12H2,1H3. The highest BCUT2D eigenvalue weighted by Crippen LogP contribution is 2.32. The van der Waals surface area contributed by atoms with Crippen molar-refractivity contribution in [3.05, 3.63) is 46.8 Å². The summed E-state index contributed by atoms with van der Waals surface area (Å²) < 4.78 is 11.0. The molecule has 1 atom stereocenters. The summed E-state index contributed by atoms with van der Waals surface area (Å²) in [5.74, 6) is 1.65. The molecule has 132 valence electrons. The Bertz CT molecular complexity index is 771. The summed E-state index contributed by atoms with van der Waals surface area (Å²) in [7, 11) is 1.66. The van der Waals surface area contributed by atoms with E-state index >= 15 is 0 Å². The number of ether oxygens (including phenoxy) is 1. The van der Waals surface area contributed by atoms with Crippen LogP contribution in [0.3, 0.4) is 0 Å². The maximum absolute atomic E-state index is 13.3. The van der Waals surface area contributed by atoms with Gasteiger partial charge < -0.3 is 19.5 Å². The molecule has 0 saturated carbocycles. The van der Waals surface area contributed by atoms with Gasteiger partial charge in [0, 0.05) is 37.2 Å². The first-order valence-corrected chi connectivity index (χ1v) is 8.91. The molecule has 1 aromatic carbocycles. The highest BCUT2D eigenvalue weighted by Gasteiger charge is 2.34. The zero-order chi connectivity index (χ0) is 17.2. The van der Waals surface area contributed by atoms with Crippen LogP contribution in [0.25, 0.3) is 0 Å². The molecule has 1 aliphatic heterocycles. The number of benzene rings is 1. The number of aryl methyl sites for hydroxylation is 1. The summed E-state index contributed by atoms with van der Waals surface area (Å²) in [6.45, 7) is 2.12. The predicted octanol–water partition coefficient (Wildman–Crippen LogP) is 2.35. The van der Waals surface area contributed by atoms with Crippen LogP contribution >= 0.6 is 0 Å². The van der Waals surface area contributed by atoms with Crippen LogP contribution < -0.4 is 10.1 Å². The number of methoxy groups -OCH3 is 1. The SMILES string of the molecule is COc1ccccc1C1CNCCN1C(=O)c1noc2c1CCCC2. The predicted molar refractivity (Wildman–Crippen MR) is 92.8 cm³/mol. The summed E-state index contributed by atoms with van der Waals surface area (Å²) in [6, 6.07) is 7.80. The van der Waals surface area contributed by atoms with Gasteiger partial charge in [-0.2, -0.15) is 0 Å². The number of piperazine rings is 1. The van der Waals surface area contributed by atoms with Crippen LogP contribution in [-0.4, -0.2) is 42.7 Å². The fraction of sp³-hybridized carbons (Fsp3) is 0.474. The van der Waals surface area contributed by atoms with Crippen LogP contribution in [0, 0.1) is 0 Å². The molecule has 2 heterocycles. The number of nitrogens with one attached hydrogen (secondary N) is 1. The lowest BCUT2D eigenvalue weighted by Gasteiger charge is -2.36. The Hall–Kier alpha value is -2.34. The number of rotatable bonds is 3. The highest BCUT2D eigenvalue weighted by molar-refractivity contribution is 5.94. The van der Waals surface area contributed by atoms with Gasteiger partial charge in [0.1, 0.15) is 11.5 Å². The van der Waals surface area contributed by atoms with Crippen LogP contribution in [0.1, 0.15) is 46.3 Å². The molecule has 4 rings (SSSR count). The largest absolute Gasteiger partial charge is 0.496 e. The van der Waals surface area contributed by atoms with Crippen molar-refractivity contribution in [1.29, 1.82) is 0 Å². The van der Waals surface area contributed by atoms with E-state index in [0.29, 0.717) is 18.8 Å². The van der Waals surface area contributed by atoms with Gasteiger partial charge in [0.25, 0.3) is 5.91 Å². The summed E-state index contributed by atoms with van der Waals surface area (Å²) in [5.41, 5.74) is 2.52. The number of aromatic nitrogens is 1. The molecule has 1 fully saturated rings. The van der Waals surface area contributed by atoms with Gasteiger partial charge in [0.2, 0.25) is 0 Å². The number of para-hydroxylation sites is 1. The molecule has 0 spiro atoms. The van der Waals surface area contributed by atoms with E-state index in [2.05, 4.69) is 10.5 Å². The molecule has 0 bridgehead atoms. The summed E-state index contributed by atoms with van der Waals surface area (Å²) in [6.07, 6.45) is 3.96. The normalized spacial score (nSPS) is 20.2. The molecule has 1 aromatic heterocycles. The molecule has 0 radical (unpaired) electrons. The molecular formula is C19H23N3O3. The molecular weight excluding hydrogens is 318 g/mol. The van der Waals surface area contributed by atoms with Crippen molar-refractivity contribution in [2.45, 2.75) is 31.7 Å². The zero-order valence-electron chi connectivity index (χ0n) is 14.5. The average Bonchev–Trinajstić information content (AvgIpc) is 3.11. The average molecular weight is 341 g/mol. The van der Waals surface area contributed by atoms with E-state index in [4.69, 9.17) is 9.26 Å². The van der Waals surface area contributed by atoms with E-state index in [9.17, 15) is 4.79 Å². The molecule has 6 nitrogen and oxygen atoms in total. The van der Waals surface area contributed by atoms with Gasteiger partial charge in [-0.1, -0.05) is 23.4 Å². The number of fused-ring (bicyclic) bond motifs is 1. The molecule has 6 heteroatoms. The second kappa shape index (κ2) is 6.88. The fourth-order valence-electron chi connectivity index (χ4n) is 3.86. The van der Waals surface area contributed by atoms with Crippen molar-refractivity contribution in [3.63, 3.8) is 0 Å².